The number of aliphatic carboxylic acids is 1. The van der Waals surface area contributed by atoms with Crippen molar-refractivity contribution in [2.24, 2.45) is 17.3 Å². The van der Waals surface area contributed by atoms with Crippen LogP contribution >= 0.6 is 0 Å². The summed E-state index contributed by atoms with van der Waals surface area (Å²) in [6.07, 6.45) is 10.8. The highest BCUT2D eigenvalue weighted by atomic mass is 16.5. The van der Waals surface area contributed by atoms with E-state index in [9.17, 15) is 14.4 Å². The molecule has 2 aliphatic heterocycles. The lowest BCUT2D eigenvalue weighted by Gasteiger charge is -2.30. The summed E-state index contributed by atoms with van der Waals surface area (Å²) in [5.41, 5.74) is -1.09. The van der Waals surface area contributed by atoms with Gasteiger partial charge < -0.3 is 20.5 Å². The summed E-state index contributed by atoms with van der Waals surface area (Å²) in [6, 6.07) is 0. The molecule has 4 atom stereocenters. The average Bonchev–Trinajstić information content (AvgIpc) is 3.33. The molecule has 2 bridgehead atoms. The fourth-order valence-corrected chi connectivity index (χ4v) is 4.90. The van der Waals surface area contributed by atoms with Crippen LogP contribution in [0, 0.1) is 17.3 Å². The van der Waals surface area contributed by atoms with Crippen LogP contribution in [0.15, 0.2) is 0 Å². The van der Waals surface area contributed by atoms with Gasteiger partial charge in [-0.1, -0.05) is 39.0 Å². The number of carboxylic acids is 1. The molecule has 2 heterocycles. The summed E-state index contributed by atoms with van der Waals surface area (Å²) in [5.74, 6) is -0.441. The molecule has 2 rings (SSSR count). The second-order valence-electron chi connectivity index (χ2n) is 9.76. The normalized spacial score (nSPS) is 24.9. The lowest BCUT2D eigenvalue weighted by molar-refractivity contribution is -0.141. The first-order valence-electron chi connectivity index (χ1n) is 12.2. The molecule has 0 saturated carbocycles. The van der Waals surface area contributed by atoms with Gasteiger partial charge in [-0.3, -0.25) is 14.4 Å². The first-order chi connectivity index (χ1) is 14.8. The van der Waals surface area contributed by atoms with E-state index in [1.54, 1.807) is 13.8 Å². The lowest BCUT2D eigenvalue weighted by Crippen LogP contribution is -2.50. The highest BCUT2D eigenvalue weighted by molar-refractivity contribution is 6.04. The zero-order valence-electron chi connectivity index (χ0n) is 19.6. The van der Waals surface area contributed by atoms with Gasteiger partial charge in [-0.25, -0.2) is 0 Å². The third-order valence-corrected chi connectivity index (χ3v) is 6.97. The number of fused-ring (bicyclic) bond motifs is 2. The van der Waals surface area contributed by atoms with Crippen LogP contribution in [0.1, 0.15) is 91.4 Å². The van der Waals surface area contributed by atoms with E-state index in [0.717, 1.165) is 64.2 Å². The van der Waals surface area contributed by atoms with Gasteiger partial charge >= 0.3 is 5.97 Å². The number of nitrogens with one attached hydrogen (secondary N) is 2. The summed E-state index contributed by atoms with van der Waals surface area (Å²) < 4.78 is 6.14. The van der Waals surface area contributed by atoms with Gasteiger partial charge in [-0.2, -0.15) is 0 Å². The Bertz CT molecular complexity index is 607. The molecule has 3 N–H and O–H groups in total. The van der Waals surface area contributed by atoms with Gasteiger partial charge in [0.15, 0.2) is 0 Å². The Morgan fingerprint density at radius 2 is 1.55 bits per heavy atom. The summed E-state index contributed by atoms with van der Waals surface area (Å²) in [6.45, 7) is 6.65. The number of carbonyl (C=O) groups excluding carboxylic acids is 2. The maximum atomic E-state index is 12.8. The number of ether oxygens (including phenoxy) is 1. The van der Waals surface area contributed by atoms with Gasteiger partial charge in [-0.05, 0) is 51.9 Å². The fraction of sp³-hybridized carbons (Fsp3) is 0.875. The Morgan fingerprint density at radius 3 is 2.23 bits per heavy atom. The second kappa shape index (κ2) is 12.4. The smallest absolute Gasteiger partial charge is 0.303 e. The molecule has 0 aromatic rings. The van der Waals surface area contributed by atoms with Gasteiger partial charge in [0.2, 0.25) is 11.8 Å². The molecule has 0 aliphatic carbocycles. The molecule has 0 radical (unpaired) electrons. The molecule has 2 fully saturated rings. The number of unbranched alkanes of at least 4 members (excludes halogenated alkanes) is 5. The van der Waals surface area contributed by atoms with Crippen molar-refractivity contribution in [2.75, 3.05) is 13.1 Å². The fourth-order valence-electron chi connectivity index (χ4n) is 4.90. The predicted octanol–water partition coefficient (Wildman–Crippen LogP) is 3.65. The van der Waals surface area contributed by atoms with E-state index in [-0.39, 0.29) is 30.4 Å². The minimum Gasteiger partial charge on any atom is -0.481 e. The molecule has 7 nitrogen and oxygen atoms in total. The Kier molecular flexibility index (Phi) is 10.3. The van der Waals surface area contributed by atoms with Gasteiger partial charge in [0.25, 0.3) is 0 Å². The van der Waals surface area contributed by atoms with Crippen molar-refractivity contribution in [1.82, 2.24) is 10.6 Å². The first-order valence-corrected chi connectivity index (χ1v) is 12.2. The van der Waals surface area contributed by atoms with Crippen LogP contribution in [-0.4, -0.2) is 48.2 Å². The van der Waals surface area contributed by atoms with Crippen molar-refractivity contribution < 1.29 is 24.2 Å². The van der Waals surface area contributed by atoms with E-state index in [2.05, 4.69) is 17.6 Å². The zero-order chi connectivity index (χ0) is 22.9. The van der Waals surface area contributed by atoms with Gasteiger partial charge in [0.05, 0.1) is 12.2 Å². The maximum Gasteiger partial charge on any atom is 0.303 e. The van der Waals surface area contributed by atoms with Crippen molar-refractivity contribution >= 4 is 17.8 Å². The van der Waals surface area contributed by atoms with Crippen molar-refractivity contribution in [3.63, 3.8) is 0 Å². The first kappa shape index (κ1) is 25.6. The molecule has 7 heteroatoms. The summed E-state index contributed by atoms with van der Waals surface area (Å²) in [7, 11) is 0. The van der Waals surface area contributed by atoms with Crippen molar-refractivity contribution in [2.45, 2.75) is 104 Å². The van der Waals surface area contributed by atoms with Gasteiger partial charge in [0, 0.05) is 25.4 Å². The van der Waals surface area contributed by atoms with Crippen LogP contribution in [0.3, 0.4) is 0 Å². The Morgan fingerprint density at radius 1 is 0.903 bits per heavy atom. The number of hydrogen-bond acceptors (Lipinski definition) is 4. The molecule has 0 spiro atoms. The van der Waals surface area contributed by atoms with E-state index < -0.39 is 11.4 Å². The molecule has 31 heavy (non-hydrogen) atoms. The molecule has 0 aromatic heterocycles. The molecule has 4 unspecified atom stereocenters. The highest BCUT2D eigenvalue weighted by Crippen LogP contribution is 2.45. The SMILES string of the molecule is CCCCCNC(=O)C(C)(C)C(=O)NCC1C2CCC(O2)C1CCCCCCC(=O)O. The molecule has 178 valence electrons. The van der Waals surface area contributed by atoms with Gasteiger partial charge in [0.1, 0.15) is 5.41 Å². The monoisotopic (exact) mass is 438 g/mol. The zero-order valence-corrected chi connectivity index (χ0v) is 19.6. The van der Waals surface area contributed by atoms with Crippen LogP contribution in [0.4, 0.5) is 0 Å². The minimum absolute atomic E-state index is 0.202. The maximum absolute atomic E-state index is 12.8. The van der Waals surface area contributed by atoms with E-state index in [1.807, 2.05) is 0 Å². The predicted molar refractivity (Wildman–Crippen MR) is 120 cm³/mol. The molecule has 2 saturated heterocycles. The lowest BCUT2D eigenvalue weighted by atomic mass is 9.76. The van der Waals surface area contributed by atoms with Gasteiger partial charge in [-0.15, -0.1) is 0 Å². The Labute approximate surface area is 187 Å². The second-order valence-corrected chi connectivity index (χ2v) is 9.76. The standard InChI is InChI=1S/C24H42N2O5/c1-4-5-10-15-25-22(29)24(2,3)23(30)26-16-18-17(19-13-14-20(18)31-19)11-8-6-7-9-12-21(27)28/h17-20H,4-16H2,1-3H3,(H,25,29)(H,26,30)(H,27,28). The number of rotatable bonds is 15. The number of carbonyl (C=O) groups is 3. The van der Waals surface area contributed by atoms with Crippen LogP contribution in [0.5, 0.6) is 0 Å². The molecular formula is C24H42N2O5. The molecular weight excluding hydrogens is 396 g/mol. The number of carboxylic acid groups (broad SMARTS) is 1. The van der Waals surface area contributed by atoms with E-state index in [0.29, 0.717) is 24.9 Å². The van der Waals surface area contributed by atoms with Crippen molar-refractivity contribution in [1.29, 1.82) is 0 Å². The summed E-state index contributed by atoms with van der Waals surface area (Å²) in [4.78, 5) is 35.9. The quantitative estimate of drug-likeness (QED) is 0.267. The van der Waals surface area contributed by atoms with Crippen molar-refractivity contribution in [3.8, 4) is 0 Å². The molecule has 0 aromatic carbocycles. The minimum atomic E-state index is -1.09. The third-order valence-electron chi connectivity index (χ3n) is 6.97. The largest absolute Gasteiger partial charge is 0.481 e. The number of amides is 2. The van der Waals surface area contributed by atoms with Crippen molar-refractivity contribution in [3.05, 3.63) is 0 Å². The van der Waals surface area contributed by atoms with Crippen LogP contribution in [0.25, 0.3) is 0 Å². The third kappa shape index (κ3) is 7.48. The number of hydrogen-bond donors (Lipinski definition) is 3. The Hall–Kier alpha value is -1.63. The van der Waals surface area contributed by atoms with E-state index >= 15 is 0 Å². The van der Waals surface area contributed by atoms with Crippen LogP contribution in [0.2, 0.25) is 0 Å². The van der Waals surface area contributed by atoms with Crippen LogP contribution < -0.4 is 10.6 Å². The van der Waals surface area contributed by atoms with Crippen LogP contribution in [-0.2, 0) is 19.1 Å². The molecule has 2 aliphatic rings. The summed E-state index contributed by atoms with van der Waals surface area (Å²) in [5, 5.41) is 14.7. The Balaban J connectivity index is 1.77. The highest BCUT2D eigenvalue weighted by Gasteiger charge is 2.48. The average molecular weight is 439 g/mol. The molecule has 2 amide bonds. The van der Waals surface area contributed by atoms with E-state index in [1.165, 1.54) is 0 Å². The topological polar surface area (TPSA) is 105 Å². The van der Waals surface area contributed by atoms with E-state index in [4.69, 9.17) is 9.84 Å². The summed E-state index contributed by atoms with van der Waals surface area (Å²) >= 11 is 0.